The third kappa shape index (κ3) is 2.92. The van der Waals surface area contributed by atoms with Gasteiger partial charge in [0.1, 0.15) is 17.4 Å². The van der Waals surface area contributed by atoms with Crippen molar-refractivity contribution in [2.24, 2.45) is 0 Å². The molecule has 102 valence electrons. The van der Waals surface area contributed by atoms with E-state index in [0.29, 0.717) is 27.6 Å². The van der Waals surface area contributed by atoms with Crippen LogP contribution in [0.25, 0.3) is 0 Å². The number of benzene rings is 1. The molecule has 2 N–H and O–H groups in total. The van der Waals surface area contributed by atoms with Gasteiger partial charge in [0.25, 0.3) is 0 Å². The van der Waals surface area contributed by atoms with E-state index < -0.39 is 6.03 Å². The van der Waals surface area contributed by atoms with E-state index >= 15 is 0 Å². The summed E-state index contributed by atoms with van der Waals surface area (Å²) in [6, 6.07) is 8.20. The molecule has 0 spiro atoms. The van der Waals surface area contributed by atoms with Crippen LogP contribution in [0.3, 0.4) is 0 Å². The minimum absolute atomic E-state index is 0.147. The summed E-state index contributed by atoms with van der Waals surface area (Å²) in [5.74, 6) is 0.748. The molecule has 1 aromatic heterocycles. The van der Waals surface area contributed by atoms with Gasteiger partial charge >= 0.3 is 6.03 Å². The number of aryl methyl sites for hydroxylation is 1. The van der Waals surface area contributed by atoms with Crippen LogP contribution in [0.5, 0.6) is 0 Å². The van der Waals surface area contributed by atoms with E-state index in [2.05, 4.69) is 10.6 Å². The van der Waals surface area contributed by atoms with Crippen molar-refractivity contribution < 1.29 is 9.21 Å². The van der Waals surface area contributed by atoms with Gasteiger partial charge in [0.2, 0.25) is 5.88 Å². The topological polar surface area (TPSA) is 78.1 Å². The number of carbonyl (C=O) groups excluding carboxylic acids is 1. The molecule has 1 aromatic carbocycles. The largest absolute Gasteiger partial charge is 0.444 e. The van der Waals surface area contributed by atoms with Gasteiger partial charge < -0.3 is 9.73 Å². The first-order valence-corrected chi connectivity index (χ1v) is 6.22. The maximum absolute atomic E-state index is 11.8. The van der Waals surface area contributed by atoms with E-state index in [1.807, 2.05) is 6.07 Å². The van der Waals surface area contributed by atoms with E-state index in [4.69, 9.17) is 21.3 Å². The molecule has 2 amide bonds. The molecule has 2 rings (SSSR count). The molecule has 0 aliphatic carbocycles. The maximum atomic E-state index is 11.8. The molecule has 20 heavy (non-hydrogen) atoms. The van der Waals surface area contributed by atoms with Crippen molar-refractivity contribution in [1.29, 1.82) is 5.26 Å². The smallest absolute Gasteiger partial charge is 0.326 e. The third-order valence-corrected chi connectivity index (χ3v) is 3.08. The second kappa shape index (κ2) is 5.68. The number of hydrogen-bond acceptors (Lipinski definition) is 3. The molecule has 0 bridgehead atoms. The molecule has 0 aliphatic heterocycles. The van der Waals surface area contributed by atoms with Crippen molar-refractivity contribution in [2.75, 3.05) is 10.6 Å². The number of nitrogens with one attached hydrogen (secondary N) is 2. The van der Waals surface area contributed by atoms with E-state index in [9.17, 15) is 4.79 Å². The number of nitriles is 1. The van der Waals surface area contributed by atoms with Gasteiger partial charge in [-0.2, -0.15) is 5.26 Å². The first-order valence-electron chi connectivity index (χ1n) is 5.85. The number of anilines is 2. The number of hydrogen-bond donors (Lipinski definition) is 2. The molecule has 1 heterocycles. The predicted molar refractivity (Wildman–Crippen MR) is 77.0 cm³/mol. The molecule has 2 aromatic rings. The summed E-state index contributed by atoms with van der Waals surface area (Å²) in [7, 11) is 0. The highest BCUT2D eigenvalue weighted by atomic mass is 35.5. The van der Waals surface area contributed by atoms with Crippen LogP contribution < -0.4 is 10.6 Å². The lowest BCUT2D eigenvalue weighted by Gasteiger charge is -2.05. The fourth-order valence-corrected chi connectivity index (χ4v) is 1.77. The Kier molecular flexibility index (Phi) is 3.97. The van der Waals surface area contributed by atoms with Gasteiger partial charge in [0.05, 0.1) is 0 Å². The lowest BCUT2D eigenvalue weighted by Crippen LogP contribution is -2.19. The Morgan fingerprint density at radius 2 is 1.90 bits per heavy atom. The summed E-state index contributed by atoms with van der Waals surface area (Å²) in [5, 5.41) is 14.8. The summed E-state index contributed by atoms with van der Waals surface area (Å²) in [6.07, 6.45) is 0. The van der Waals surface area contributed by atoms with Gasteiger partial charge in [-0.3, -0.25) is 5.32 Å². The number of rotatable bonds is 2. The number of halogens is 1. The molecule has 0 fully saturated rings. The van der Waals surface area contributed by atoms with Crippen LogP contribution in [-0.4, -0.2) is 6.03 Å². The van der Waals surface area contributed by atoms with Crippen molar-refractivity contribution >= 4 is 29.2 Å². The first-order chi connectivity index (χ1) is 9.51. The van der Waals surface area contributed by atoms with Crippen LogP contribution in [0.15, 0.2) is 28.7 Å². The molecular weight excluding hydrogens is 278 g/mol. The molecule has 0 saturated carbocycles. The molecule has 0 atom stereocenters. The summed E-state index contributed by atoms with van der Waals surface area (Å²) >= 11 is 5.76. The van der Waals surface area contributed by atoms with Crippen LogP contribution in [0.2, 0.25) is 5.02 Å². The van der Waals surface area contributed by atoms with Gasteiger partial charge in [-0.1, -0.05) is 11.6 Å². The standard InChI is InChI=1S/C14H12ClN3O2/c1-8-9(2)20-13(12(8)7-16)18-14(19)17-11-5-3-10(15)4-6-11/h3-6H,1-2H3,(H2,17,18,19). The number of amides is 2. The fourth-order valence-electron chi connectivity index (χ4n) is 1.65. The maximum Gasteiger partial charge on any atom is 0.326 e. The fraction of sp³-hybridized carbons (Fsp3) is 0.143. The van der Waals surface area contributed by atoms with E-state index in [0.717, 1.165) is 0 Å². The Morgan fingerprint density at radius 3 is 2.50 bits per heavy atom. The van der Waals surface area contributed by atoms with Gasteiger partial charge in [-0.25, -0.2) is 4.79 Å². The molecular formula is C14H12ClN3O2. The van der Waals surface area contributed by atoms with E-state index in [1.165, 1.54) is 0 Å². The summed E-state index contributed by atoms with van der Waals surface area (Å²) in [4.78, 5) is 11.8. The minimum atomic E-state index is -0.488. The Balaban J connectivity index is 2.11. The van der Waals surface area contributed by atoms with Gasteiger partial charge in [0, 0.05) is 16.3 Å². The zero-order valence-electron chi connectivity index (χ0n) is 11.0. The summed E-state index contributed by atoms with van der Waals surface area (Å²) in [6.45, 7) is 3.50. The van der Waals surface area contributed by atoms with Crippen molar-refractivity contribution in [1.82, 2.24) is 0 Å². The Morgan fingerprint density at radius 1 is 1.25 bits per heavy atom. The second-order valence-electron chi connectivity index (χ2n) is 4.19. The molecule has 6 heteroatoms. The zero-order chi connectivity index (χ0) is 14.7. The summed E-state index contributed by atoms with van der Waals surface area (Å²) < 4.78 is 5.35. The van der Waals surface area contributed by atoms with Gasteiger partial charge in [0.15, 0.2) is 0 Å². The number of nitrogens with zero attached hydrogens (tertiary/aromatic N) is 1. The molecule has 0 radical (unpaired) electrons. The lowest BCUT2D eigenvalue weighted by atomic mass is 10.2. The highest BCUT2D eigenvalue weighted by molar-refractivity contribution is 6.30. The Hall–Kier alpha value is -2.45. The predicted octanol–water partition coefficient (Wildman–Crippen LogP) is 4.07. The SMILES string of the molecule is Cc1oc(NC(=O)Nc2ccc(Cl)cc2)c(C#N)c1C. The van der Waals surface area contributed by atoms with Crippen molar-refractivity contribution in [3.05, 3.63) is 46.2 Å². The van der Waals surface area contributed by atoms with Gasteiger partial charge in [-0.05, 0) is 38.1 Å². The van der Waals surface area contributed by atoms with Gasteiger partial charge in [-0.15, -0.1) is 0 Å². The Labute approximate surface area is 121 Å². The lowest BCUT2D eigenvalue weighted by molar-refractivity contribution is 0.261. The first kappa shape index (κ1) is 14.0. The quantitative estimate of drug-likeness (QED) is 0.875. The van der Waals surface area contributed by atoms with Crippen molar-refractivity contribution in [3.63, 3.8) is 0 Å². The Bertz CT molecular complexity index is 684. The zero-order valence-corrected chi connectivity index (χ0v) is 11.7. The van der Waals surface area contributed by atoms with Crippen LogP contribution in [0.1, 0.15) is 16.9 Å². The summed E-state index contributed by atoms with van der Waals surface area (Å²) in [5.41, 5.74) is 1.63. The second-order valence-corrected chi connectivity index (χ2v) is 4.62. The average molecular weight is 290 g/mol. The molecule has 0 unspecified atom stereocenters. The van der Waals surface area contributed by atoms with Crippen LogP contribution in [-0.2, 0) is 0 Å². The average Bonchev–Trinajstić information content (AvgIpc) is 2.67. The third-order valence-electron chi connectivity index (χ3n) is 2.83. The minimum Gasteiger partial charge on any atom is -0.444 e. The van der Waals surface area contributed by atoms with Crippen LogP contribution in [0.4, 0.5) is 16.4 Å². The van der Waals surface area contributed by atoms with E-state index in [1.54, 1.807) is 38.1 Å². The number of urea groups is 1. The normalized spacial score (nSPS) is 9.90. The van der Waals surface area contributed by atoms with E-state index in [-0.39, 0.29) is 5.88 Å². The van der Waals surface area contributed by atoms with Crippen LogP contribution >= 0.6 is 11.6 Å². The number of carbonyl (C=O) groups is 1. The molecule has 5 nitrogen and oxygen atoms in total. The molecule has 0 saturated heterocycles. The highest BCUT2D eigenvalue weighted by Crippen LogP contribution is 2.25. The molecule has 0 aliphatic rings. The monoisotopic (exact) mass is 289 g/mol. The van der Waals surface area contributed by atoms with Crippen LogP contribution in [0, 0.1) is 25.2 Å². The van der Waals surface area contributed by atoms with Crippen molar-refractivity contribution in [3.8, 4) is 6.07 Å². The highest BCUT2D eigenvalue weighted by Gasteiger charge is 2.16. The van der Waals surface area contributed by atoms with Crippen molar-refractivity contribution in [2.45, 2.75) is 13.8 Å². The number of furan rings is 1.